The third kappa shape index (κ3) is 3.04. The molecule has 19 heavy (non-hydrogen) atoms. The third-order valence-electron chi connectivity index (χ3n) is 2.58. The zero-order chi connectivity index (χ0) is 13.8. The van der Waals surface area contributed by atoms with E-state index in [0.29, 0.717) is 29.2 Å². The summed E-state index contributed by atoms with van der Waals surface area (Å²) in [6.07, 6.45) is 0. The molecule has 6 heteroatoms. The standard InChI is InChI=1S/C13H15N3O3/c1-8-5-10(19-16-8)7-15-12-4-3-9(14)6-11(12)13(17)18-2/h3-6,15H,7,14H2,1-2H3. The number of nitrogens with two attached hydrogens (primary N) is 1. The van der Waals surface area contributed by atoms with E-state index in [1.54, 1.807) is 18.2 Å². The third-order valence-corrected chi connectivity index (χ3v) is 2.58. The van der Waals surface area contributed by atoms with Crippen LogP contribution in [0.1, 0.15) is 21.8 Å². The van der Waals surface area contributed by atoms with Crippen LogP contribution in [0.2, 0.25) is 0 Å². The second kappa shape index (κ2) is 5.43. The van der Waals surface area contributed by atoms with Gasteiger partial charge in [-0.15, -0.1) is 0 Å². The summed E-state index contributed by atoms with van der Waals surface area (Å²) in [6.45, 7) is 2.27. The number of nitrogens with zero attached hydrogens (tertiary/aromatic N) is 1. The van der Waals surface area contributed by atoms with Gasteiger partial charge in [-0.1, -0.05) is 5.16 Å². The van der Waals surface area contributed by atoms with E-state index in [2.05, 4.69) is 10.5 Å². The fourth-order valence-electron chi connectivity index (χ4n) is 1.68. The van der Waals surface area contributed by atoms with Crippen molar-refractivity contribution in [2.24, 2.45) is 0 Å². The molecule has 0 aliphatic rings. The second-order valence-corrected chi connectivity index (χ2v) is 4.08. The first-order valence-electron chi connectivity index (χ1n) is 5.74. The average Bonchev–Trinajstić information content (AvgIpc) is 2.82. The fraction of sp³-hybridized carbons (Fsp3) is 0.231. The van der Waals surface area contributed by atoms with E-state index in [1.165, 1.54) is 7.11 Å². The molecule has 0 unspecified atom stereocenters. The van der Waals surface area contributed by atoms with Crippen molar-refractivity contribution in [2.45, 2.75) is 13.5 Å². The van der Waals surface area contributed by atoms with Crippen molar-refractivity contribution in [1.82, 2.24) is 5.16 Å². The monoisotopic (exact) mass is 261 g/mol. The summed E-state index contributed by atoms with van der Waals surface area (Å²) in [5.74, 6) is 0.244. The minimum absolute atomic E-state index is 0.388. The lowest BCUT2D eigenvalue weighted by molar-refractivity contribution is 0.0602. The maximum Gasteiger partial charge on any atom is 0.340 e. The summed E-state index contributed by atoms with van der Waals surface area (Å²) in [4.78, 5) is 11.6. The van der Waals surface area contributed by atoms with E-state index in [0.717, 1.165) is 5.69 Å². The van der Waals surface area contributed by atoms with Gasteiger partial charge >= 0.3 is 5.97 Å². The highest BCUT2D eigenvalue weighted by molar-refractivity contribution is 5.96. The number of esters is 1. The number of carbonyl (C=O) groups excluding carboxylic acids is 1. The Balaban J connectivity index is 2.17. The van der Waals surface area contributed by atoms with Crippen molar-refractivity contribution in [1.29, 1.82) is 0 Å². The molecule has 0 spiro atoms. The Bertz CT molecular complexity index is 593. The SMILES string of the molecule is COC(=O)c1cc(N)ccc1NCc1cc(C)no1. The number of benzene rings is 1. The first kappa shape index (κ1) is 12.9. The summed E-state index contributed by atoms with van der Waals surface area (Å²) >= 11 is 0. The number of hydrogen-bond donors (Lipinski definition) is 2. The Morgan fingerprint density at radius 1 is 1.47 bits per heavy atom. The van der Waals surface area contributed by atoms with E-state index < -0.39 is 5.97 Å². The van der Waals surface area contributed by atoms with Crippen LogP contribution in [0.15, 0.2) is 28.8 Å². The average molecular weight is 261 g/mol. The van der Waals surface area contributed by atoms with E-state index >= 15 is 0 Å². The molecular formula is C13H15N3O3. The predicted octanol–water partition coefficient (Wildman–Crippen LogP) is 1.96. The van der Waals surface area contributed by atoms with E-state index in [9.17, 15) is 4.79 Å². The van der Waals surface area contributed by atoms with Crippen molar-refractivity contribution in [2.75, 3.05) is 18.2 Å². The molecule has 0 saturated carbocycles. The number of aryl methyl sites for hydroxylation is 1. The van der Waals surface area contributed by atoms with Crippen LogP contribution >= 0.6 is 0 Å². The van der Waals surface area contributed by atoms with Crippen LogP contribution in [-0.2, 0) is 11.3 Å². The Morgan fingerprint density at radius 3 is 2.89 bits per heavy atom. The molecule has 0 aliphatic heterocycles. The van der Waals surface area contributed by atoms with Gasteiger partial charge in [0.05, 0.1) is 24.9 Å². The number of anilines is 2. The van der Waals surface area contributed by atoms with Gasteiger partial charge < -0.3 is 20.3 Å². The van der Waals surface area contributed by atoms with Gasteiger partial charge in [-0.25, -0.2) is 4.79 Å². The normalized spacial score (nSPS) is 10.2. The molecule has 0 amide bonds. The van der Waals surface area contributed by atoms with Crippen LogP contribution in [0, 0.1) is 6.92 Å². The van der Waals surface area contributed by atoms with Gasteiger partial charge in [0.2, 0.25) is 0 Å². The molecule has 100 valence electrons. The molecule has 6 nitrogen and oxygen atoms in total. The molecule has 1 aromatic carbocycles. The van der Waals surface area contributed by atoms with E-state index in [1.807, 2.05) is 13.0 Å². The molecule has 0 aliphatic carbocycles. The molecule has 2 rings (SSSR count). The molecule has 0 atom stereocenters. The topological polar surface area (TPSA) is 90.4 Å². The Hall–Kier alpha value is -2.50. The summed E-state index contributed by atoms with van der Waals surface area (Å²) < 4.78 is 9.80. The molecule has 0 radical (unpaired) electrons. The van der Waals surface area contributed by atoms with Gasteiger partial charge in [0.1, 0.15) is 0 Å². The first-order chi connectivity index (χ1) is 9.10. The molecule has 2 aromatic rings. The number of ether oxygens (including phenoxy) is 1. The lowest BCUT2D eigenvalue weighted by Gasteiger charge is -2.10. The van der Waals surface area contributed by atoms with Gasteiger partial charge in [-0.2, -0.15) is 0 Å². The summed E-state index contributed by atoms with van der Waals surface area (Å²) in [7, 11) is 1.33. The Labute approximate surface area is 110 Å². The number of nitrogen functional groups attached to an aromatic ring is 1. The molecule has 1 aromatic heterocycles. The van der Waals surface area contributed by atoms with Crippen LogP contribution in [0.25, 0.3) is 0 Å². The molecular weight excluding hydrogens is 246 g/mol. The largest absolute Gasteiger partial charge is 0.465 e. The van der Waals surface area contributed by atoms with E-state index in [-0.39, 0.29) is 0 Å². The van der Waals surface area contributed by atoms with Crippen molar-refractivity contribution >= 4 is 17.3 Å². The smallest absolute Gasteiger partial charge is 0.340 e. The lowest BCUT2D eigenvalue weighted by atomic mass is 10.1. The van der Waals surface area contributed by atoms with Crippen molar-refractivity contribution in [3.8, 4) is 0 Å². The zero-order valence-electron chi connectivity index (χ0n) is 10.8. The van der Waals surface area contributed by atoms with Gasteiger partial charge in [0, 0.05) is 17.4 Å². The van der Waals surface area contributed by atoms with Gasteiger partial charge in [-0.3, -0.25) is 0 Å². The summed E-state index contributed by atoms with van der Waals surface area (Å²) in [6, 6.07) is 6.83. The maximum absolute atomic E-state index is 11.6. The van der Waals surface area contributed by atoms with Crippen molar-refractivity contribution < 1.29 is 14.1 Å². The molecule has 0 bridgehead atoms. The highest BCUT2D eigenvalue weighted by Crippen LogP contribution is 2.20. The molecule has 0 saturated heterocycles. The van der Waals surface area contributed by atoms with Crippen LogP contribution in [0.5, 0.6) is 0 Å². The number of aromatic nitrogens is 1. The molecule has 3 N–H and O–H groups in total. The molecule has 0 fully saturated rings. The summed E-state index contributed by atoms with van der Waals surface area (Å²) in [5, 5.41) is 6.89. The number of rotatable bonds is 4. The van der Waals surface area contributed by atoms with Gasteiger partial charge in [0.25, 0.3) is 0 Å². The van der Waals surface area contributed by atoms with Crippen LogP contribution < -0.4 is 11.1 Å². The highest BCUT2D eigenvalue weighted by Gasteiger charge is 2.12. The number of nitrogens with one attached hydrogen (secondary N) is 1. The van der Waals surface area contributed by atoms with Crippen molar-refractivity contribution in [3.05, 3.63) is 41.3 Å². The predicted molar refractivity (Wildman–Crippen MR) is 70.8 cm³/mol. The maximum atomic E-state index is 11.6. The lowest BCUT2D eigenvalue weighted by Crippen LogP contribution is -2.08. The van der Waals surface area contributed by atoms with Gasteiger partial charge in [0.15, 0.2) is 5.76 Å². The van der Waals surface area contributed by atoms with Crippen molar-refractivity contribution in [3.63, 3.8) is 0 Å². The zero-order valence-corrected chi connectivity index (χ0v) is 10.8. The number of carbonyl (C=O) groups is 1. The number of hydrogen-bond acceptors (Lipinski definition) is 6. The minimum atomic E-state index is -0.441. The number of methoxy groups -OCH3 is 1. The molecule has 1 heterocycles. The van der Waals surface area contributed by atoms with Crippen LogP contribution in [-0.4, -0.2) is 18.2 Å². The second-order valence-electron chi connectivity index (χ2n) is 4.08. The first-order valence-corrected chi connectivity index (χ1v) is 5.74. The minimum Gasteiger partial charge on any atom is -0.465 e. The fourth-order valence-corrected chi connectivity index (χ4v) is 1.68. The van der Waals surface area contributed by atoms with Crippen LogP contribution in [0.4, 0.5) is 11.4 Å². The highest BCUT2D eigenvalue weighted by atomic mass is 16.5. The summed E-state index contributed by atoms with van der Waals surface area (Å²) in [5.41, 5.74) is 8.00. The Kier molecular flexibility index (Phi) is 3.70. The van der Waals surface area contributed by atoms with Gasteiger partial charge in [-0.05, 0) is 25.1 Å². The quantitative estimate of drug-likeness (QED) is 0.646. The van der Waals surface area contributed by atoms with Crippen LogP contribution in [0.3, 0.4) is 0 Å². The van der Waals surface area contributed by atoms with E-state index in [4.69, 9.17) is 15.0 Å². The Morgan fingerprint density at radius 2 is 2.26 bits per heavy atom.